The number of likely N-dealkylation sites (N-methyl/N-ethyl adjacent to an activating group) is 1. The van der Waals surface area contributed by atoms with E-state index in [0.717, 1.165) is 6.54 Å². The van der Waals surface area contributed by atoms with E-state index in [1.54, 1.807) is 5.56 Å². The van der Waals surface area contributed by atoms with E-state index < -0.39 is 0 Å². The topological polar surface area (TPSA) is 15.3 Å². The van der Waals surface area contributed by atoms with Gasteiger partial charge < -0.3 is 10.2 Å². The van der Waals surface area contributed by atoms with Crippen LogP contribution in [0.15, 0.2) is 18.2 Å². The normalized spacial score (nSPS) is 23.8. The van der Waals surface area contributed by atoms with Crippen LogP contribution in [0.25, 0.3) is 0 Å². The molecule has 92 valence electrons. The molecule has 1 atom stereocenters. The summed E-state index contributed by atoms with van der Waals surface area (Å²) in [6.45, 7) is 5.76. The summed E-state index contributed by atoms with van der Waals surface area (Å²) in [6.07, 6.45) is 5.24. The second-order valence-electron chi connectivity index (χ2n) is 5.22. The number of hydrogen-bond donors (Lipinski definition) is 1. The van der Waals surface area contributed by atoms with Gasteiger partial charge in [-0.3, -0.25) is 0 Å². The number of piperidine rings is 1. The highest BCUT2D eigenvalue weighted by Crippen LogP contribution is 2.32. The van der Waals surface area contributed by atoms with Crippen molar-refractivity contribution in [2.24, 2.45) is 0 Å². The number of anilines is 1. The lowest BCUT2D eigenvalue weighted by Gasteiger charge is -2.24. The molecule has 0 spiro atoms. The third-order valence-corrected chi connectivity index (χ3v) is 4.19. The third kappa shape index (κ3) is 2.06. The highest BCUT2D eigenvalue weighted by atomic mass is 15.1. The SMILES string of the molecule is CCN1CCc2cc(C3CCCCN3)ccc21. The average molecular weight is 230 g/mol. The standard InChI is InChI=1S/C15H22N2/c1-2-17-10-8-13-11-12(6-7-15(13)17)14-5-3-4-9-16-14/h6-7,11,14,16H,2-5,8-10H2,1H3. The zero-order chi connectivity index (χ0) is 11.7. The molecule has 0 saturated carbocycles. The van der Waals surface area contributed by atoms with Gasteiger partial charge in [0.1, 0.15) is 0 Å². The molecule has 1 aromatic rings. The molecule has 1 fully saturated rings. The molecule has 0 amide bonds. The van der Waals surface area contributed by atoms with Crippen LogP contribution < -0.4 is 10.2 Å². The van der Waals surface area contributed by atoms with Crippen molar-refractivity contribution in [2.75, 3.05) is 24.5 Å². The summed E-state index contributed by atoms with van der Waals surface area (Å²) in [7, 11) is 0. The van der Waals surface area contributed by atoms with E-state index in [-0.39, 0.29) is 0 Å². The van der Waals surface area contributed by atoms with Crippen molar-refractivity contribution in [2.45, 2.75) is 38.6 Å². The van der Waals surface area contributed by atoms with Gasteiger partial charge in [-0.15, -0.1) is 0 Å². The van der Waals surface area contributed by atoms with E-state index in [4.69, 9.17) is 0 Å². The number of rotatable bonds is 2. The van der Waals surface area contributed by atoms with E-state index in [2.05, 4.69) is 35.3 Å². The van der Waals surface area contributed by atoms with Crippen LogP contribution in [-0.4, -0.2) is 19.6 Å². The summed E-state index contributed by atoms with van der Waals surface area (Å²) < 4.78 is 0. The van der Waals surface area contributed by atoms with Gasteiger partial charge in [0.15, 0.2) is 0 Å². The fourth-order valence-electron chi connectivity index (χ4n) is 3.17. The Balaban J connectivity index is 1.84. The molecule has 1 unspecified atom stereocenters. The maximum atomic E-state index is 3.64. The van der Waals surface area contributed by atoms with Gasteiger partial charge in [-0.05, 0) is 49.9 Å². The molecule has 2 heteroatoms. The zero-order valence-electron chi connectivity index (χ0n) is 10.7. The number of nitrogens with one attached hydrogen (secondary N) is 1. The second-order valence-corrected chi connectivity index (χ2v) is 5.22. The molecule has 0 radical (unpaired) electrons. The molecule has 0 aromatic heterocycles. The molecular weight excluding hydrogens is 208 g/mol. The van der Waals surface area contributed by atoms with E-state index >= 15 is 0 Å². The molecule has 1 N–H and O–H groups in total. The lowest BCUT2D eigenvalue weighted by molar-refractivity contribution is 0.412. The third-order valence-electron chi connectivity index (χ3n) is 4.19. The molecule has 0 aliphatic carbocycles. The molecule has 1 saturated heterocycles. The lowest BCUT2D eigenvalue weighted by Crippen LogP contribution is -2.26. The first kappa shape index (κ1) is 11.1. The predicted octanol–water partition coefficient (Wildman–Crippen LogP) is 2.88. The first-order chi connectivity index (χ1) is 8.38. The van der Waals surface area contributed by atoms with Gasteiger partial charge in [-0.1, -0.05) is 18.6 Å². The summed E-state index contributed by atoms with van der Waals surface area (Å²) in [5.41, 5.74) is 4.52. The Kier molecular flexibility index (Phi) is 3.06. The van der Waals surface area contributed by atoms with Crippen LogP contribution in [0.3, 0.4) is 0 Å². The van der Waals surface area contributed by atoms with Gasteiger partial charge in [0.25, 0.3) is 0 Å². The summed E-state index contributed by atoms with van der Waals surface area (Å²) in [5.74, 6) is 0. The van der Waals surface area contributed by atoms with Gasteiger partial charge in [-0.25, -0.2) is 0 Å². The van der Waals surface area contributed by atoms with Crippen molar-refractivity contribution in [1.82, 2.24) is 5.32 Å². The maximum Gasteiger partial charge on any atom is 0.0399 e. The van der Waals surface area contributed by atoms with Crippen LogP contribution in [0.1, 0.15) is 43.4 Å². The summed E-state index contributed by atoms with van der Waals surface area (Å²) in [4.78, 5) is 2.48. The van der Waals surface area contributed by atoms with Crippen LogP contribution in [0.2, 0.25) is 0 Å². The van der Waals surface area contributed by atoms with E-state index in [9.17, 15) is 0 Å². The van der Waals surface area contributed by atoms with Gasteiger partial charge >= 0.3 is 0 Å². The molecule has 0 bridgehead atoms. The van der Waals surface area contributed by atoms with Crippen LogP contribution in [0, 0.1) is 0 Å². The van der Waals surface area contributed by atoms with E-state index in [0.29, 0.717) is 6.04 Å². The Hall–Kier alpha value is -1.02. The smallest absolute Gasteiger partial charge is 0.0399 e. The minimum absolute atomic E-state index is 0.602. The predicted molar refractivity (Wildman–Crippen MR) is 72.6 cm³/mol. The average Bonchev–Trinajstić information content (AvgIpc) is 2.81. The molecule has 3 rings (SSSR count). The van der Waals surface area contributed by atoms with Crippen molar-refractivity contribution >= 4 is 5.69 Å². The van der Waals surface area contributed by atoms with Crippen molar-refractivity contribution in [3.63, 3.8) is 0 Å². The van der Waals surface area contributed by atoms with Crippen molar-refractivity contribution in [3.8, 4) is 0 Å². The van der Waals surface area contributed by atoms with Crippen LogP contribution in [0.4, 0.5) is 5.69 Å². The summed E-state index contributed by atoms with van der Waals surface area (Å²) in [5, 5.41) is 3.64. The second kappa shape index (κ2) is 4.69. The molecule has 2 nitrogen and oxygen atoms in total. The van der Waals surface area contributed by atoms with Gasteiger partial charge in [0.05, 0.1) is 0 Å². The van der Waals surface area contributed by atoms with Crippen LogP contribution in [0.5, 0.6) is 0 Å². The quantitative estimate of drug-likeness (QED) is 0.840. The van der Waals surface area contributed by atoms with E-state index in [1.165, 1.54) is 50.0 Å². The summed E-state index contributed by atoms with van der Waals surface area (Å²) >= 11 is 0. The van der Waals surface area contributed by atoms with Crippen LogP contribution in [-0.2, 0) is 6.42 Å². The molecule has 1 aromatic carbocycles. The first-order valence-electron chi connectivity index (χ1n) is 6.99. The Morgan fingerprint density at radius 2 is 2.29 bits per heavy atom. The molecular formula is C15H22N2. The molecule has 2 heterocycles. The van der Waals surface area contributed by atoms with Crippen molar-refractivity contribution in [1.29, 1.82) is 0 Å². The maximum absolute atomic E-state index is 3.64. The van der Waals surface area contributed by atoms with Gasteiger partial charge in [-0.2, -0.15) is 0 Å². The zero-order valence-corrected chi connectivity index (χ0v) is 10.7. The highest BCUT2D eigenvalue weighted by Gasteiger charge is 2.20. The molecule has 17 heavy (non-hydrogen) atoms. The minimum Gasteiger partial charge on any atom is -0.371 e. The number of fused-ring (bicyclic) bond motifs is 1. The highest BCUT2D eigenvalue weighted by molar-refractivity contribution is 5.59. The van der Waals surface area contributed by atoms with Gasteiger partial charge in [0.2, 0.25) is 0 Å². The Bertz CT molecular complexity index is 394. The fraction of sp³-hybridized carbons (Fsp3) is 0.600. The number of hydrogen-bond acceptors (Lipinski definition) is 2. The largest absolute Gasteiger partial charge is 0.371 e. The van der Waals surface area contributed by atoms with Crippen LogP contribution >= 0.6 is 0 Å². The fourth-order valence-corrected chi connectivity index (χ4v) is 3.17. The lowest BCUT2D eigenvalue weighted by atomic mass is 9.95. The number of nitrogens with zero attached hydrogens (tertiary/aromatic N) is 1. The minimum atomic E-state index is 0.602. The van der Waals surface area contributed by atoms with Crippen molar-refractivity contribution < 1.29 is 0 Å². The summed E-state index contributed by atoms with van der Waals surface area (Å²) in [6, 6.07) is 7.70. The molecule has 2 aliphatic heterocycles. The first-order valence-corrected chi connectivity index (χ1v) is 6.99. The van der Waals surface area contributed by atoms with E-state index in [1.807, 2.05) is 0 Å². The van der Waals surface area contributed by atoms with Gasteiger partial charge in [0, 0.05) is 24.8 Å². The van der Waals surface area contributed by atoms with Crippen molar-refractivity contribution in [3.05, 3.63) is 29.3 Å². The Labute approximate surface area is 104 Å². The molecule has 2 aliphatic rings. The Morgan fingerprint density at radius 3 is 3.06 bits per heavy atom. The number of benzene rings is 1. The Morgan fingerprint density at radius 1 is 1.35 bits per heavy atom. The monoisotopic (exact) mass is 230 g/mol.